The van der Waals surface area contributed by atoms with Crippen LogP contribution >= 0.6 is 0 Å². The molecule has 0 radical (unpaired) electrons. The minimum absolute atomic E-state index is 0.238. The van der Waals surface area contributed by atoms with Gasteiger partial charge in [0.1, 0.15) is 12.1 Å². The second-order valence-corrected chi connectivity index (χ2v) is 10.5. The highest BCUT2D eigenvalue weighted by molar-refractivity contribution is 7.92. The summed E-state index contributed by atoms with van der Waals surface area (Å²) in [6.45, 7) is 3.12. The van der Waals surface area contributed by atoms with Gasteiger partial charge in [-0.3, -0.25) is 9.82 Å². The van der Waals surface area contributed by atoms with Crippen LogP contribution in [0.4, 0.5) is 17.2 Å². The molecule has 186 valence electrons. The molecule has 0 atom stereocenters. The number of aromatic nitrogens is 4. The number of benzene rings is 3. The number of rotatable bonds is 6. The largest absolute Gasteiger partial charge is 0.368 e. The van der Waals surface area contributed by atoms with Crippen molar-refractivity contribution in [1.29, 1.82) is 0 Å². The first-order valence-corrected chi connectivity index (χ1v) is 13.5. The molecule has 1 aliphatic rings. The topological polar surface area (TPSA) is 107 Å². The summed E-state index contributed by atoms with van der Waals surface area (Å²) < 4.78 is 28.2. The van der Waals surface area contributed by atoms with Crippen molar-refractivity contribution >= 4 is 38.1 Å². The van der Waals surface area contributed by atoms with E-state index in [2.05, 4.69) is 40.8 Å². The fourth-order valence-electron chi connectivity index (χ4n) is 4.64. The minimum atomic E-state index is -3.64. The smallest absolute Gasteiger partial charge is 0.261 e. The average Bonchev–Trinajstić information content (AvgIpc) is 3.48. The number of nitrogens with zero attached hydrogens (tertiary/aromatic N) is 5. The number of fused-ring (bicyclic) bond motifs is 1. The molecule has 0 aliphatic carbocycles. The Bertz CT molecular complexity index is 1630. The summed E-state index contributed by atoms with van der Waals surface area (Å²) in [5, 5.41) is 7.93. The van der Waals surface area contributed by atoms with E-state index in [-0.39, 0.29) is 4.90 Å². The van der Waals surface area contributed by atoms with Gasteiger partial charge in [-0.05, 0) is 48.0 Å². The number of hydrogen-bond acceptors (Lipinski definition) is 7. The Labute approximate surface area is 214 Å². The Kier molecular flexibility index (Phi) is 5.93. The highest BCUT2D eigenvalue weighted by atomic mass is 32.2. The molecule has 5 aromatic rings. The van der Waals surface area contributed by atoms with Gasteiger partial charge in [0.2, 0.25) is 0 Å². The van der Waals surface area contributed by atoms with Crippen LogP contribution in [0.15, 0.2) is 96.4 Å². The van der Waals surface area contributed by atoms with Crippen LogP contribution < -0.4 is 14.5 Å². The summed E-state index contributed by atoms with van der Waals surface area (Å²) in [5.41, 5.74) is 4.49. The third-order valence-electron chi connectivity index (χ3n) is 6.54. The fourth-order valence-corrected chi connectivity index (χ4v) is 5.71. The molecule has 0 spiro atoms. The number of hydrogen-bond donors (Lipinski definition) is 2. The van der Waals surface area contributed by atoms with Crippen molar-refractivity contribution in [2.45, 2.75) is 4.90 Å². The van der Waals surface area contributed by atoms with Crippen LogP contribution in [0.2, 0.25) is 0 Å². The number of nitrogens with one attached hydrogen (secondary N) is 2. The first-order valence-electron chi connectivity index (χ1n) is 12.0. The van der Waals surface area contributed by atoms with Gasteiger partial charge < -0.3 is 9.80 Å². The molecule has 2 N–H and O–H groups in total. The second-order valence-electron chi connectivity index (χ2n) is 8.86. The summed E-state index contributed by atoms with van der Waals surface area (Å²) >= 11 is 0. The molecule has 1 saturated heterocycles. The predicted octanol–water partition coefficient (Wildman–Crippen LogP) is 4.15. The normalized spacial score (nSPS) is 14.2. The lowest BCUT2D eigenvalue weighted by molar-refractivity contribution is 0.601. The maximum absolute atomic E-state index is 12.7. The predicted molar refractivity (Wildman–Crippen MR) is 145 cm³/mol. The Morgan fingerprint density at radius 1 is 0.811 bits per heavy atom. The van der Waals surface area contributed by atoms with Gasteiger partial charge in [0.25, 0.3) is 10.0 Å². The van der Waals surface area contributed by atoms with Crippen LogP contribution in [-0.2, 0) is 10.0 Å². The Hall–Kier alpha value is -4.44. The van der Waals surface area contributed by atoms with Gasteiger partial charge in [0, 0.05) is 49.0 Å². The van der Waals surface area contributed by atoms with Crippen molar-refractivity contribution in [2.75, 3.05) is 40.7 Å². The zero-order valence-electron chi connectivity index (χ0n) is 19.9. The van der Waals surface area contributed by atoms with Crippen LogP contribution in [0.1, 0.15) is 0 Å². The van der Waals surface area contributed by atoms with Crippen molar-refractivity contribution < 1.29 is 8.42 Å². The minimum Gasteiger partial charge on any atom is -0.368 e. The van der Waals surface area contributed by atoms with E-state index in [0.29, 0.717) is 5.69 Å². The second kappa shape index (κ2) is 9.55. The third-order valence-corrected chi connectivity index (χ3v) is 7.94. The first-order chi connectivity index (χ1) is 18.1. The van der Waals surface area contributed by atoms with Crippen molar-refractivity contribution in [3.05, 3.63) is 91.5 Å². The van der Waals surface area contributed by atoms with Gasteiger partial charge >= 0.3 is 0 Å². The number of aromatic amines is 1. The highest BCUT2D eigenvalue weighted by Gasteiger charge is 2.21. The molecule has 1 fully saturated rings. The van der Waals surface area contributed by atoms with Crippen molar-refractivity contribution in [3.8, 4) is 11.1 Å². The van der Waals surface area contributed by atoms with E-state index in [9.17, 15) is 8.42 Å². The first kappa shape index (κ1) is 23.0. The van der Waals surface area contributed by atoms with Gasteiger partial charge in [-0.15, -0.1) is 0 Å². The lowest BCUT2D eigenvalue weighted by Gasteiger charge is -2.37. The standard InChI is InChI=1S/C27H25N7O2S/c35-37(36,24-7-2-1-3-8-24)32-22-5-4-6-23(16-22)33-11-13-34(14-12-33)27-25-15-20(21-17-30-31-18-21)9-10-26(25)28-19-29-27/h1-10,15-19,32H,11-14H2,(H,30,31). The molecule has 3 aromatic carbocycles. The van der Waals surface area contributed by atoms with E-state index in [1.807, 2.05) is 36.5 Å². The highest BCUT2D eigenvalue weighted by Crippen LogP contribution is 2.30. The van der Waals surface area contributed by atoms with E-state index in [4.69, 9.17) is 0 Å². The summed E-state index contributed by atoms with van der Waals surface area (Å²) in [6, 6.07) is 22.1. The molecule has 1 aliphatic heterocycles. The molecule has 0 amide bonds. The zero-order chi connectivity index (χ0) is 25.2. The molecule has 9 nitrogen and oxygen atoms in total. The fraction of sp³-hybridized carbons (Fsp3) is 0.148. The van der Waals surface area contributed by atoms with Gasteiger partial charge in [-0.1, -0.05) is 30.3 Å². The zero-order valence-corrected chi connectivity index (χ0v) is 20.8. The van der Waals surface area contributed by atoms with Crippen molar-refractivity contribution in [1.82, 2.24) is 20.2 Å². The molecular formula is C27H25N7O2S. The van der Waals surface area contributed by atoms with Gasteiger partial charge in [0.05, 0.1) is 22.3 Å². The maximum Gasteiger partial charge on any atom is 0.261 e. The van der Waals surface area contributed by atoms with Crippen LogP contribution in [0.5, 0.6) is 0 Å². The number of sulfonamides is 1. The summed E-state index contributed by atoms with van der Waals surface area (Å²) in [5.74, 6) is 0.916. The van der Waals surface area contributed by atoms with E-state index < -0.39 is 10.0 Å². The molecule has 0 unspecified atom stereocenters. The Morgan fingerprint density at radius 3 is 2.41 bits per heavy atom. The monoisotopic (exact) mass is 511 g/mol. The Balaban J connectivity index is 1.19. The summed E-state index contributed by atoms with van der Waals surface area (Å²) in [7, 11) is -3.64. The van der Waals surface area contributed by atoms with E-state index in [1.54, 1.807) is 48.9 Å². The van der Waals surface area contributed by atoms with E-state index >= 15 is 0 Å². The maximum atomic E-state index is 12.7. The van der Waals surface area contributed by atoms with E-state index in [0.717, 1.165) is 59.7 Å². The van der Waals surface area contributed by atoms with Crippen LogP contribution in [0, 0.1) is 0 Å². The molecule has 0 bridgehead atoms. The van der Waals surface area contributed by atoms with Crippen LogP contribution in [-0.4, -0.2) is 54.8 Å². The molecular weight excluding hydrogens is 486 g/mol. The molecule has 2 aromatic heterocycles. The number of anilines is 3. The van der Waals surface area contributed by atoms with Crippen LogP contribution in [0.25, 0.3) is 22.0 Å². The van der Waals surface area contributed by atoms with Gasteiger partial charge in [0.15, 0.2) is 0 Å². The summed E-state index contributed by atoms with van der Waals surface area (Å²) in [6.07, 6.45) is 5.29. The van der Waals surface area contributed by atoms with Gasteiger partial charge in [-0.25, -0.2) is 18.4 Å². The average molecular weight is 512 g/mol. The number of H-pyrrole nitrogens is 1. The Morgan fingerprint density at radius 2 is 1.62 bits per heavy atom. The third kappa shape index (κ3) is 4.70. The molecule has 37 heavy (non-hydrogen) atoms. The van der Waals surface area contributed by atoms with E-state index in [1.165, 1.54) is 0 Å². The lowest BCUT2D eigenvalue weighted by atomic mass is 10.1. The quantitative estimate of drug-likeness (QED) is 0.353. The molecule has 0 saturated carbocycles. The number of piperazine rings is 1. The lowest BCUT2D eigenvalue weighted by Crippen LogP contribution is -2.47. The van der Waals surface area contributed by atoms with Gasteiger partial charge in [-0.2, -0.15) is 5.10 Å². The molecule has 10 heteroatoms. The molecule has 3 heterocycles. The summed E-state index contributed by atoms with van der Waals surface area (Å²) in [4.78, 5) is 13.9. The molecule has 6 rings (SSSR count). The van der Waals surface area contributed by atoms with Crippen LogP contribution in [0.3, 0.4) is 0 Å². The van der Waals surface area contributed by atoms with Crippen molar-refractivity contribution in [3.63, 3.8) is 0 Å². The van der Waals surface area contributed by atoms with Crippen molar-refractivity contribution in [2.24, 2.45) is 0 Å². The SMILES string of the molecule is O=S(=O)(Nc1cccc(N2CCN(c3ncnc4ccc(-c5cn[nH]c5)cc34)CC2)c1)c1ccccc1.